The molecule has 124 valence electrons. The van der Waals surface area contributed by atoms with Crippen LogP contribution in [0.4, 0.5) is 0 Å². The second-order valence-electron chi connectivity index (χ2n) is 6.66. The summed E-state index contributed by atoms with van der Waals surface area (Å²) in [5.41, 5.74) is 1.38. The molecular weight excluding hydrogens is 292 g/mol. The summed E-state index contributed by atoms with van der Waals surface area (Å²) in [6.07, 6.45) is 5.18. The molecule has 2 heterocycles. The fourth-order valence-corrected chi connectivity index (χ4v) is 2.93. The molecule has 1 aliphatic carbocycles. The van der Waals surface area contributed by atoms with Crippen molar-refractivity contribution in [3.63, 3.8) is 0 Å². The molecule has 1 fully saturated rings. The molecule has 0 bridgehead atoms. The highest BCUT2D eigenvalue weighted by Gasteiger charge is 2.34. The molecule has 0 saturated heterocycles. The van der Waals surface area contributed by atoms with E-state index in [-0.39, 0.29) is 11.9 Å². The molecule has 1 saturated carbocycles. The van der Waals surface area contributed by atoms with E-state index in [0.717, 1.165) is 42.4 Å². The second kappa shape index (κ2) is 5.92. The number of aryl methyl sites for hydroxylation is 1. The van der Waals surface area contributed by atoms with E-state index in [4.69, 9.17) is 0 Å². The van der Waals surface area contributed by atoms with Gasteiger partial charge in [-0.3, -0.25) is 4.79 Å². The zero-order valence-electron chi connectivity index (χ0n) is 14.0. The number of fused-ring (bicyclic) bond motifs is 1. The molecule has 23 heavy (non-hydrogen) atoms. The average Bonchev–Trinajstić information content (AvgIpc) is 2.92. The first-order chi connectivity index (χ1) is 10.9. The minimum atomic E-state index is -0.724. The fraction of sp³-hybridized carbons (Fsp3) is 0.588. The van der Waals surface area contributed by atoms with E-state index in [9.17, 15) is 9.90 Å². The van der Waals surface area contributed by atoms with Gasteiger partial charge in [0.25, 0.3) is 5.91 Å². The third-order valence-electron chi connectivity index (χ3n) is 4.81. The predicted molar refractivity (Wildman–Crippen MR) is 88.4 cm³/mol. The Morgan fingerprint density at radius 2 is 2.26 bits per heavy atom. The number of aromatic nitrogens is 3. The summed E-state index contributed by atoms with van der Waals surface area (Å²) in [5, 5.41) is 18.2. The first kappa shape index (κ1) is 15.9. The average molecular weight is 316 g/mol. The number of nitrogens with one attached hydrogen (secondary N) is 1. The summed E-state index contributed by atoms with van der Waals surface area (Å²) in [5.74, 6) is -0.176. The van der Waals surface area contributed by atoms with Crippen LogP contribution in [0.5, 0.6) is 0 Å². The molecule has 1 unspecified atom stereocenters. The molecule has 0 radical (unpaired) electrons. The zero-order chi connectivity index (χ0) is 16.6. The lowest BCUT2D eigenvalue weighted by Gasteiger charge is -2.36. The molecule has 2 aromatic rings. The third-order valence-corrected chi connectivity index (χ3v) is 4.81. The lowest BCUT2D eigenvalue weighted by atomic mass is 9.80. The van der Waals surface area contributed by atoms with E-state index in [1.54, 1.807) is 12.3 Å². The van der Waals surface area contributed by atoms with Crippen molar-refractivity contribution >= 4 is 16.9 Å². The Bertz CT molecular complexity index is 734. The van der Waals surface area contributed by atoms with Crippen molar-refractivity contribution < 1.29 is 9.90 Å². The fourth-order valence-electron chi connectivity index (χ4n) is 2.93. The summed E-state index contributed by atoms with van der Waals surface area (Å²) in [7, 11) is 0. The van der Waals surface area contributed by atoms with E-state index in [2.05, 4.69) is 29.2 Å². The van der Waals surface area contributed by atoms with Crippen molar-refractivity contribution in [3.8, 4) is 0 Å². The molecular formula is C17H24N4O2. The van der Waals surface area contributed by atoms with Crippen molar-refractivity contribution in [2.75, 3.05) is 6.54 Å². The van der Waals surface area contributed by atoms with E-state index in [1.807, 2.05) is 11.6 Å². The van der Waals surface area contributed by atoms with Crippen LogP contribution >= 0.6 is 0 Å². The van der Waals surface area contributed by atoms with Crippen molar-refractivity contribution in [1.82, 2.24) is 20.1 Å². The van der Waals surface area contributed by atoms with Gasteiger partial charge in [-0.05, 0) is 45.6 Å². The Hall–Kier alpha value is -1.95. The predicted octanol–water partition coefficient (Wildman–Crippen LogP) is 2.36. The topological polar surface area (TPSA) is 80.0 Å². The van der Waals surface area contributed by atoms with Crippen LogP contribution in [-0.2, 0) is 0 Å². The Morgan fingerprint density at radius 3 is 2.87 bits per heavy atom. The highest BCUT2D eigenvalue weighted by atomic mass is 16.3. The first-order valence-electron chi connectivity index (χ1n) is 8.29. The number of rotatable bonds is 5. The normalized spacial score (nSPS) is 17.7. The van der Waals surface area contributed by atoms with Gasteiger partial charge in [0.15, 0.2) is 5.65 Å². The molecule has 1 amide bonds. The number of amides is 1. The second-order valence-corrected chi connectivity index (χ2v) is 6.66. The maximum Gasteiger partial charge on any atom is 0.252 e. The summed E-state index contributed by atoms with van der Waals surface area (Å²) >= 11 is 0. The highest BCUT2D eigenvalue weighted by molar-refractivity contribution is 6.05. The van der Waals surface area contributed by atoms with Crippen LogP contribution in [0.25, 0.3) is 11.0 Å². The van der Waals surface area contributed by atoms with Crippen molar-refractivity contribution in [2.24, 2.45) is 0 Å². The van der Waals surface area contributed by atoms with Gasteiger partial charge in [0.2, 0.25) is 0 Å². The standard InChI is InChI=1S/C17H24N4O2/c1-4-12(3)21-15-14(9-19-21)13(8-11(2)20-15)16(22)18-10-17(23)6-5-7-17/h8-9,12,23H,4-7,10H2,1-3H3,(H,18,22). The number of carbonyl (C=O) groups is 1. The first-order valence-corrected chi connectivity index (χ1v) is 8.29. The van der Waals surface area contributed by atoms with Crippen molar-refractivity contribution in [3.05, 3.63) is 23.5 Å². The number of hydrogen-bond donors (Lipinski definition) is 2. The van der Waals surface area contributed by atoms with Crippen LogP contribution in [0.3, 0.4) is 0 Å². The molecule has 1 atom stereocenters. The lowest BCUT2D eigenvalue weighted by molar-refractivity contribution is -0.0300. The van der Waals surface area contributed by atoms with Gasteiger partial charge in [0, 0.05) is 12.2 Å². The summed E-state index contributed by atoms with van der Waals surface area (Å²) < 4.78 is 1.87. The van der Waals surface area contributed by atoms with E-state index in [1.165, 1.54) is 0 Å². The van der Waals surface area contributed by atoms with Gasteiger partial charge in [-0.2, -0.15) is 5.10 Å². The molecule has 3 rings (SSSR count). The molecule has 0 spiro atoms. The summed E-state index contributed by atoms with van der Waals surface area (Å²) in [6.45, 7) is 6.36. The quantitative estimate of drug-likeness (QED) is 0.887. The van der Waals surface area contributed by atoms with Gasteiger partial charge in [0.1, 0.15) is 0 Å². The van der Waals surface area contributed by atoms with E-state index in [0.29, 0.717) is 12.1 Å². The van der Waals surface area contributed by atoms with Gasteiger partial charge < -0.3 is 10.4 Å². The maximum atomic E-state index is 12.6. The molecule has 2 N–H and O–H groups in total. The van der Waals surface area contributed by atoms with Crippen LogP contribution in [0.15, 0.2) is 12.3 Å². The molecule has 0 aromatic carbocycles. The number of carbonyl (C=O) groups excluding carboxylic acids is 1. The van der Waals surface area contributed by atoms with Crippen molar-refractivity contribution in [2.45, 2.75) is 58.1 Å². The summed E-state index contributed by atoms with van der Waals surface area (Å²) in [6, 6.07) is 2.01. The molecule has 6 heteroatoms. The number of pyridine rings is 1. The number of nitrogens with zero attached hydrogens (tertiary/aromatic N) is 3. The van der Waals surface area contributed by atoms with Gasteiger partial charge in [-0.1, -0.05) is 6.92 Å². The minimum absolute atomic E-state index is 0.176. The Kier molecular flexibility index (Phi) is 4.10. The van der Waals surface area contributed by atoms with Crippen LogP contribution < -0.4 is 5.32 Å². The lowest BCUT2D eigenvalue weighted by Crippen LogP contribution is -2.47. The van der Waals surface area contributed by atoms with Crippen LogP contribution in [0, 0.1) is 6.92 Å². The minimum Gasteiger partial charge on any atom is -0.388 e. The largest absolute Gasteiger partial charge is 0.388 e. The molecule has 2 aromatic heterocycles. The molecule has 6 nitrogen and oxygen atoms in total. The van der Waals surface area contributed by atoms with E-state index < -0.39 is 5.60 Å². The van der Waals surface area contributed by atoms with Gasteiger partial charge in [0.05, 0.1) is 28.8 Å². The monoisotopic (exact) mass is 316 g/mol. The van der Waals surface area contributed by atoms with E-state index >= 15 is 0 Å². The summed E-state index contributed by atoms with van der Waals surface area (Å²) in [4.78, 5) is 17.1. The van der Waals surface area contributed by atoms with Crippen LogP contribution in [0.2, 0.25) is 0 Å². The van der Waals surface area contributed by atoms with Gasteiger partial charge in [-0.15, -0.1) is 0 Å². The number of aliphatic hydroxyl groups is 1. The molecule has 1 aliphatic rings. The third kappa shape index (κ3) is 2.95. The highest BCUT2D eigenvalue weighted by Crippen LogP contribution is 2.30. The van der Waals surface area contributed by atoms with Gasteiger partial charge in [-0.25, -0.2) is 9.67 Å². The Balaban J connectivity index is 1.90. The molecule has 0 aliphatic heterocycles. The maximum absolute atomic E-state index is 12.6. The van der Waals surface area contributed by atoms with Crippen LogP contribution in [-0.4, -0.2) is 37.9 Å². The van der Waals surface area contributed by atoms with Gasteiger partial charge >= 0.3 is 0 Å². The smallest absolute Gasteiger partial charge is 0.252 e. The SMILES string of the molecule is CCC(C)n1ncc2c(C(=O)NCC3(O)CCC3)cc(C)nc21. The Labute approximate surface area is 135 Å². The number of hydrogen-bond acceptors (Lipinski definition) is 4. The zero-order valence-corrected chi connectivity index (χ0v) is 14.0. The Morgan fingerprint density at radius 1 is 1.52 bits per heavy atom. The van der Waals surface area contributed by atoms with Crippen LogP contribution in [0.1, 0.15) is 61.6 Å². The van der Waals surface area contributed by atoms with Crippen molar-refractivity contribution in [1.29, 1.82) is 0 Å².